The van der Waals surface area contributed by atoms with Gasteiger partial charge in [0.15, 0.2) is 5.78 Å². The zero-order valence-electron chi connectivity index (χ0n) is 16.7. The van der Waals surface area contributed by atoms with Crippen LogP contribution in [0.4, 0.5) is 0 Å². The van der Waals surface area contributed by atoms with Crippen LogP contribution in [0.1, 0.15) is 53.8 Å². The second kappa shape index (κ2) is 7.72. The van der Waals surface area contributed by atoms with Gasteiger partial charge in [0.25, 0.3) is 0 Å². The summed E-state index contributed by atoms with van der Waals surface area (Å²) in [5, 5.41) is 22.0. The molecule has 1 heterocycles. The highest BCUT2D eigenvalue weighted by Crippen LogP contribution is 2.32. The maximum Gasteiger partial charge on any atom is 0.193 e. The average molecular weight is 387 g/mol. The van der Waals surface area contributed by atoms with Gasteiger partial charge in [0.05, 0.1) is 6.10 Å². The normalized spacial score (nSPS) is 12.5. The molecule has 0 amide bonds. The highest BCUT2D eigenvalue weighted by molar-refractivity contribution is 6.14. The maximum atomic E-state index is 12.9. The number of benzene rings is 3. The summed E-state index contributed by atoms with van der Waals surface area (Å²) in [5.41, 5.74) is 4.17. The van der Waals surface area contributed by atoms with Crippen molar-refractivity contribution in [2.45, 2.75) is 32.3 Å². The summed E-state index contributed by atoms with van der Waals surface area (Å²) in [7, 11) is 2.01. The number of unbranched alkanes of at least 4 members (excludes halogenated alkanes) is 1. The van der Waals surface area contributed by atoms with E-state index in [9.17, 15) is 15.0 Å². The van der Waals surface area contributed by atoms with Crippen LogP contribution in [0.2, 0.25) is 0 Å². The Bertz CT molecular complexity index is 1190. The first-order valence-corrected chi connectivity index (χ1v) is 10.0. The van der Waals surface area contributed by atoms with Gasteiger partial charge >= 0.3 is 0 Å². The van der Waals surface area contributed by atoms with Gasteiger partial charge in [-0.2, -0.15) is 0 Å². The highest BCUT2D eigenvalue weighted by atomic mass is 16.3. The lowest BCUT2D eigenvalue weighted by atomic mass is 9.99. The molecule has 3 aromatic carbocycles. The number of hydrogen-bond donors (Lipinski definition) is 2. The lowest BCUT2D eigenvalue weighted by Crippen LogP contribution is -2.00. The summed E-state index contributed by atoms with van der Waals surface area (Å²) in [6.45, 7) is 2.12. The number of aliphatic hydroxyl groups excluding tert-OH is 1. The molecule has 29 heavy (non-hydrogen) atoms. The Hall–Kier alpha value is -3.11. The smallest absolute Gasteiger partial charge is 0.193 e. The van der Waals surface area contributed by atoms with Gasteiger partial charge < -0.3 is 14.8 Å². The molecule has 4 heteroatoms. The van der Waals surface area contributed by atoms with Crippen LogP contribution in [0.3, 0.4) is 0 Å². The Kier molecular flexibility index (Phi) is 5.12. The third-order valence-electron chi connectivity index (χ3n) is 5.64. The molecule has 0 saturated heterocycles. The van der Waals surface area contributed by atoms with E-state index in [0.717, 1.165) is 46.6 Å². The first-order valence-electron chi connectivity index (χ1n) is 10.0. The van der Waals surface area contributed by atoms with E-state index in [4.69, 9.17) is 0 Å². The van der Waals surface area contributed by atoms with Crippen LogP contribution in [-0.2, 0) is 7.05 Å². The van der Waals surface area contributed by atoms with Crippen molar-refractivity contribution in [1.82, 2.24) is 4.57 Å². The Morgan fingerprint density at radius 2 is 1.55 bits per heavy atom. The molecule has 0 aliphatic heterocycles. The first kappa shape index (κ1) is 19.2. The number of fused-ring (bicyclic) bond motifs is 3. The molecule has 0 aliphatic rings. The molecule has 0 aliphatic carbocycles. The van der Waals surface area contributed by atoms with Crippen LogP contribution >= 0.6 is 0 Å². The number of ketones is 1. The third-order valence-corrected chi connectivity index (χ3v) is 5.64. The van der Waals surface area contributed by atoms with E-state index in [-0.39, 0.29) is 11.5 Å². The topological polar surface area (TPSA) is 62.5 Å². The lowest BCUT2D eigenvalue weighted by molar-refractivity contribution is 0.103. The fourth-order valence-corrected chi connectivity index (χ4v) is 3.93. The van der Waals surface area contributed by atoms with Crippen molar-refractivity contribution in [2.75, 3.05) is 0 Å². The Morgan fingerprint density at radius 3 is 2.24 bits per heavy atom. The van der Waals surface area contributed by atoms with Gasteiger partial charge in [-0.3, -0.25) is 4.79 Å². The molecule has 2 N–H and O–H groups in total. The summed E-state index contributed by atoms with van der Waals surface area (Å²) >= 11 is 0. The molecule has 0 fully saturated rings. The van der Waals surface area contributed by atoms with Crippen molar-refractivity contribution in [2.24, 2.45) is 7.05 Å². The number of phenolic OH excluding ortho intramolecular Hbond substituents is 1. The van der Waals surface area contributed by atoms with E-state index in [1.807, 2.05) is 43.4 Å². The zero-order valence-corrected chi connectivity index (χ0v) is 16.7. The number of rotatable bonds is 6. The number of phenols is 1. The van der Waals surface area contributed by atoms with Crippen LogP contribution in [-0.4, -0.2) is 20.6 Å². The molecular formula is C25H25NO3. The van der Waals surface area contributed by atoms with Crippen molar-refractivity contribution in [3.63, 3.8) is 0 Å². The molecule has 1 unspecified atom stereocenters. The average Bonchev–Trinajstić information content (AvgIpc) is 3.03. The number of carbonyl (C=O) groups excluding carboxylic acids is 1. The Morgan fingerprint density at radius 1 is 0.931 bits per heavy atom. The number of aromatic hydroxyl groups is 1. The number of nitrogens with zero attached hydrogens (tertiary/aromatic N) is 1. The largest absolute Gasteiger partial charge is 0.508 e. The number of hydrogen-bond acceptors (Lipinski definition) is 3. The lowest BCUT2D eigenvalue weighted by Gasteiger charge is -2.10. The van der Waals surface area contributed by atoms with Gasteiger partial charge in [0, 0.05) is 40.0 Å². The van der Waals surface area contributed by atoms with E-state index in [1.54, 1.807) is 12.1 Å². The molecule has 1 atom stereocenters. The summed E-state index contributed by atoms with van der Waals surface area (Å²) in [6.07, 6.45) is 2.31. The maximum absolute atomic E-state index is 12.9. The van der Waals surface area contributed by atoms with Gasteiger partial charge in [-0.15, -0.1) is 0 Å². The molecular weight excluding hydrogens is 362 g/mol. The number of carbonyl (C=O) groups is 1. The van der Waals surface area contributed by atoms with Crippen molar-refractivity contribution < 1.29 is 15.0 Å². The van der Waals surface area contributed by atoms with Gasteiger partial charge in [0.2, 0.25) is 0 Å². The van der Waals surface area contributed by atoms with Crippen molar-refractivity contribution in [3.05, 3.63) is 77.4 Å². The first-order chi connectivity index (χ1) is 14.0. The second-order valence-electron chi connectivity index (χ2n) is 7.60. The molecule has 4 nitrogen and oxygen atoms in total. The SMILES string of the molecule is CCCCC(O)c1ccc2c(c1)c1cc(C(=O)c3ccc(O)cc3)ccc1n2C. The zero-order chi connectivity index (χ0) is 20.5. The van der Waals surface area contributed by atoms with Crippen LogP contribution < -0.4 is 0 Å². The van der Waals surface area contributed by atoms with Crippen LogP contribution in [0.5, 0.6) is 5.75 Å². The number of aromatic nitrogens is 1. The van der Waals surface area contributed by atoms with Crippen LogP contribution in [0.25, 0.3) is 21.8 Å². The number of aryl methyl sites for hydroxylation is 1. The minimum atomic E-state index is -0.476. The molecule has 4 rings (SSSR count). The predicted octanol–water partition coefficient (Wildman–Crippen LogP) is 5.49. The quantitative estimate of drug-likeness (QED) is 0.430. The summed E-state index contributed by atoms with van der Waals surface area (Å²) in [4.78, 5) is 12.9. The molecule has 148 valence electrons. The Balaban J connectivity index is 1.80. The van der Waals surface area contributed by atoms with Gasteiger partial charge in [-0.05, 0) is 66.6 Å². The van der Waals surface area contributed by atoms with Crippen molar-refractivity contribution in [1.29, 1.82) is 0 Å². The summed E-state index contributed by atoms with van der Waals surface area (Å²) in [5.74, 6) is 0.0586. The van der Waals surface area contributed by atoms with Crippen LogP contribution in [0.15, 0.2) is 60.7 Å². The van der Waals surface area contributed by atoms with E-state index >= 15 is 0 Å². The van der Waals surface area contributed by atoms with Gasteiger partial charge in [0.1, 0.15) is 5.75 Å². The predicted molar refractivity (Wildman–Crippen MR) is 116 cm³/mol. The molecule has 0 saturated carbocycles. The van der Waals surface area contributed by atoms with E-state index < -0.39 is 6.10 Å². The molecule has 4 aromatic rings. The second-order valence-corrected chi connectivity index (χ2v) is 7.60. The minimum absolute atomic E-state index is 0.0805. The van der Waals surface area contributed by atoms with Crippen LogP contribution in [0, 0.1) is 0 Å². The number of aliphatic hydroxyl groups is 1. The third kappa shape index (κ3) is 3.52. The Labute approximate surface area is 170 Å². The van der Waals surface area contributed by atoms with Gasteiger partial charge in [-0.1, -0.05) is 25.8 Å². The molecule has 0 radical (unpaired) electrons. The molecule has 0 spiro atoms. The minimum Gasteiger partial charge on any atom is -0.508 e. The fourth-order valence-electron chi connectivity index (χ4n) is 3.93. The van der Waals surface area contributed by atoms with Crippen molar-refractivity contribution >= 4 is 27.6 Å². The van der Waals surface area contributed by atoms with E-state index in [0.29, 0.717) is 11.1 Å². The van der Waals surface area contributed by atoms with Gasteiger partial charge in [-0.25, -0.2) is 0 Å². The summed E-state index contributed by atoms with van der Waals surface area (Å²) < 4.78 is 2.11. The van der Waals surface area contributed by atoms with E-state index in [1.165, 1.54) is 12.1 Å². The van der Waals surface area contributed by atoms with E-state index in [2.05, 4.69) is 11.5 Å². The monoisotopic (exact) mass is 387 g/mol. The summed E-state index contributed by atoms with van der Waals surface area (Å²) in [6, 6.07) is 18.1. The standard InChI is InChI=1S/C25H25NO3/c1-3-4-5-24(28)17-8-12-22-20(14-17)21-15-18(9-13-23(21)26(22)2)25(29)16-6-10-19(27)11-7-16/h6-15,24,27-28H,3-5H2,1-2H3. The molecule has 1 aromatic heterocycles. The molecule has 0 bridgehead atoms. The van der Waals surface area contributed by atoms with Crippen molar-refractivity contribution in [3.8, 4) is 5.75 Å². The highest BCUT2D eigenvalue weighted by Gasteiger charge is 2.15. The fraction of sp³-hybridized carbons (Fsp3) is 0.240.